The molecule has 0 radical (unpaired) electrons. The van der Waals surface area contributed by atoms with Crippen molar-refractivity contribution >= 4 is 0 Å². The first kappa shape index (κ1) is 12.4. The fourth-order valence-electron chi connectivity index (χ4n) is 2.31. The van der Waals surface area contributed by atoms with Crippen molar-refractivity contribution in [2.75, 3.05) is 26.9 Å². The zero-order valence-electron chi connectivity index (χ0n) is 10.7. The van der Waals surface area contributed by atoms with Gasteiger partial charge in [-0.15, -0.1) is 0 Å². The minimum atomic E-state index is 0.391. The second-order valence-corrected chi connectivity index (χ2v) is 4.48. The van der Waals surface area contributed by atoms with Crippen molar-refractivity contribution in [3.05, 3.63) is 29.3 Å². The smallest absolute Gasteiger partial charge is 0.126 e. The maximum Gasteiger partial charge on any atom is 0.126 e. The van der Waals surface area contributed by atoms with Gasteiger partial charge in [0.2, 0.25) is 0 Å². The molecule has 17 heavy (non-hydrogen) atoms. The van der Waals surface area contributed by atoms with Crippen LogP contribution < -0.4 is 10.1 Å². The van der Waals surface area contributed by atoms with Crippen molar-refractivity contribution in [2.24, 2.45) is 0 Å². The number of fused-ring (bicyclic) bond motifs is 1. The first-order valence-corrected chi connectivity index (χ1v) is 6.27. The van der Waals surface area contributed by atoms with Crippen LogP contribution in [-0.2, 0) is 4.74 Å². The van der Waals surface area contributed by atoms with Crippen LogP contribution in [0.5, 0.6) is 5.75 Å². The van der Waals surface area contributed by atoms with Crippen LogP contribution >= 0.6 is 0 Å². The van der Waals surface area contributed by atoms with E-state index in [1.165, 1.54) is 11.1 Å². The standard InChI is InChI=1S/C14H21NO2/c1-11-5-3-6-12-13(15-8-10-16-2)7-4-9-17-14(11)12/h3,5-6,13,15H,4,7-10H2,1-2H3. The summed E-state index contributed by atoms with van der Waals surface area (Å²) in [6, 6.07) is 6.77. The molecular weight excluding hydrogens is 214 g/mol. The topological polar surface area (TPSA) is 30.5 Å². The van der Waals surface area contributed by atoms with Gasteiger partial charge in [-0.05, 0) is 25.3 Å². The van der Waals surface area contributed by atoms with Gasteiger partial charge in [-0.1, -0.05) is 18.2 Å². The van der Waals surface area contributed by atoms with Crippen LogP contribution in [-0.4, -0.2) is 26.9 Å². The van der Waals surface area contributed by atoms with Gasteiger partial charge in [-0.3, -0.25) is 0 Å². The molecule has 1 aliphatic rings. The Morgan fingerprint density at radius 1 is 1.47 bits per heavy atom. The number of hydrogen-bond acceptors (Lipinski definition) is 3. The van der Waals surface area contributed by atoms with E-state index in [1.54, 1.807) is 7.11 Å². The van der Waals surface area contributed by atoms with Crippen LogP contribution in [0.15, 0.2) is 18.2 Å². The Balaban J connectivity index is 2.15. The summed E-state index contributed by atoms with van der Waals surface area (Å²) in [7, 11) is 1.73. The lowest BCUT2D eigenvalue weighted by atomic mass is 10.00. The van der Waals surface area contributed by atoms with Gasteiger partial charge in [0.1, 0.15) is 5.75 Å². The maximum atomic E-state index is 5.84. The van der Waals surface area contributed by atoms with Crippen molar-refractivity contribution in [3.8, 4) is 5.75 Å². The predicted octanol–water partition coefficient (Wildman–Crippen LogP) is 2.44. The second kappa shape index (κ2) is 6.03. The highest BCUT2D eigenvalue weighted by Gasteiger charge is 2.20. The molecule has 0 aromatic heterocycles. The molecule has 0 amide bonds. The van der Waals surface area contributed by atoms with Crippen LogP contribution in [0.4, 0.5) is 0 Å². The lowest BCUT2D eigenvalue weighted by molar-refractivity contribution is 0.195. The predicted molar refractivity (Wildman–Crippen MR) is 68.5 cm³/mol. The van der Waals surface area contributed by atoms with Crippen molar-refractivity contribution < 1.29 is 9.47 Å². The van der Waals surface area contributed by atoms with Crippen molar-refractivity contribution in [1.82, 2.24) is 5.32 Å². The van der Waals surface area contributed by atoms with E-state index in [2.05, 4.69) is 30.4 Å². The Hall–Kier alpha value is -1.06. The second-order valence-electron chi connectivity index (χ2n) is 4.48. The number of nitrogens with one attached hydrogen (secondary N) is 1. The van der Waals surface area contributed by atoms with Crippen molar-refractivity contribution in [2.45, 2.75) is 25.8 Å². The molecule has 0 fully saturated rings. The summed E-state index contributed by atoms with van der Waals surface area (Å²) >= 11 is 0. The summed E-state index contributed by atoms with van der Waals surface area (Å²) in [5.41, 5.74) is 2.52. The highest BCUT2D eigenvalue weighted by atomic mass is 16.5. The maximum absolute atomic E-state index is 5.84. The molecule has 1 N–H and O–H groups in total. The van der Waals surface area contributed by atoms with E-state index in [0.29, 0.717) is 6.04 Å². The largest absolute Gasteiger partial charge is 0.493 e. The van der Waals surface area contributed by atoms with Gasteiger partial charge < -0.3 is 14.8 Å². The summed E-state index contributed by atoms with van der Waals surface area (Å²) < 4.78 is 10.9. The van der Waals surface area contributed by atoms with E-state index in [-0.39, 0.29) is 0 Å². The van der Waals surface area contributed by atoms with Crippen LogP contribution in [0.25, 0.3) is 0 Å². The molecule has 0 aliphatic carbocycles. The van der Waals surface area contributed by atoms with E-state index in [0.717, 1.165) is 38.3 Å². The number of methoxy groups -OCH3 is 1. The fraction of sp³-hybridized carbons (Fsp3) is 0.571. The minimum absolute atomic E-state index is 0.391. The van der Waals surface area contributed by atoms with Gasteiger partial charge in [0.05, 0.1) is 13.2 Å². The SMILES string of the molecule is COCCNC1CCCOc2c(C)cccc21. The minimum Gasteiger partial charge on any atom is -0.493 e. The molecule has 1 aromatic rings. The van der Waals surface area contributed by atoms with Crippen LogP contribution in [0.2, 0.25) is 0 Å². The summed E-state index contributed by atoms with van der Waals surface area (Å²) in [6.45, 7) is 4.56. The van der Waals surface area contributed by atoms with Gasteiger partial charge >= 0.3 is 0 Å². The molecule has 1 unspecified atom stereocenters. The third kappa shape index (κ3) is 2.99. The summed E-state index contributed by atoms with van der Waals surface area (Å²) in [5, 5.41) is 3.54. The third-order valence-corrected chi connectivity index (χ3v) is 3.20. The Bertz CT molecular complexity index is 365. The monoisotopic (exact) mass is 235 g/mol. The Labute approximate surface area is 103 Å². The molecule has 1 aliphatic heterocycles. The molecule has 94 valence electrons. The average Bonchev–Trinajstić information content (AvgIpc) is 2.54. The highest BCUT2D eigenvalue weighted by molar-refractivity contribution is 5.43. The quantitative estimate of drug-likeness (QED) is 0.813. The van der Waals surface area contributed by atoms with Crippen LogP contribution in [0.3, 0.4) is 0 Å². The molecule has 3 heteroatoms. The number of aryl methyl sites for hydroxylation is 1. The normalized spacial score (nSPS) is 19.3. The Kier molecular flexibility index (Phi) is 4.40. The molecule has 2 rings (SSSR count). The summed E-state index contributed by atoms with van der Waals surface area (Å²) in [6.07, 6.45) is 2.22. The highest BCUT2D eigenvalue weighted by Crippen LogP contribution is 2.33. The first-order chi connectivity index (χ1) is 8.33. The third-order valence-electron chi connectivity index (χ3n) is 3.20. The van der Waals surface area contributed by atoms with E-state index < -0.39 is 0 Å². The number of benzene rings is 1. The molecule has 0 saturated heterocycles. The lowest BCUT2D eigenvalue weighted by Crippen LogP contribution is -2.24. The van der Waals surface area contributed by atoms with Gasteiger partial charge in [-0.25, -0.2) is 0 Å². The number of rotatable bonds is 4. The molecule has 1 heterocycles. The van der Waals surface area contributed by atoms with E-state index in [1.807, 2.05) is 0 Å². The summed E-state index contributed by atoms with van der Waals surface area (Å²) in [5.74, 6) is 1.07. The van der Waals surface area contributed by atoms with E-state index >= 15 is 0 Å². The zero-order chi connectivity index (χ0) is 12.1. The molecule has 0 spiro atoms. The molecule has 0 bridgehead atoms. The number of para-hydroxylation sites is 1. The fourth-order valence-corrected chi connectivity index (χ4v) is 2.31. The average molecular weight is 235 g/mol. The van der Waals surface area contributed by atoms with Crippen LogP contribution in [0.1, 0.15) is 30.0 Å². The van der Waals surface area contributed by atoms with Gasteiger partial charge in [0.25, 0.3) is 0 Å². The molecule has 1 atom stereocenters. The van der Waals surface area contributed by atoms with Crippen molar-refractivity contribution in [1.29, 1.82) is 0 Å². The number of ether oxygens (including phenoxy) is 2. The van der Waals surface area contributed by atoms with Gasteiger partial charge in [0.15, 0.2) is 0 Å². The van der Waals surface area contributed by atoms with Crippen LogP contribution in [0, 0.1) is 6.92 Å². The molecule has 1 aromatic carbocycles. The molecule has 3 nitrogen and oxygen atoms in total. The Morgan fingerprint density at radius 3 is 3.18 bits per heavy atom. The molecule has 0 saturated carbocycles. The number of hydrogen-bond donors (Lipinski definition) is 1. The first-order valence-electron chi connectivity index (χ1n) is 6.27. The Morgan fingerprint density at radius 2 is 2.35 bits per heavy atom. The van der Waals surface area contributed by atoms with Crippen molar-refractivity contribution in [3.63, 3.8) is 0 Å². The van der Waals surface area contributed by atoms with E-state index in [4.69, 9.17) is 9.47 Å². The van der Waals surface area contributed by atoms with E-state index in [9.17, 15) is 0 Å². The molecular formula is C14H21NO2. The lowest BCUT2D eigenvalue weighted by Gasteiger charge is -2.19. The van der Waals surface area contributed by atoms with Gasteiger partial charge in [0, 0.05) is 25.3 Å². The zero-order valence-corrected chi connectivity index (χ0v) is 10.7. The van der Waals surface area contributed by atoms with Gasteiger partial charge in [-0.2, -0.15) is 0 Å². The summed E-state index contributed by atoms with van der Waals surface area (Å²) in [4.78, 5) is 0.